The molecule has 15 heavy (non-hydrogen) atoms. The van der Waals surface area contributed by atoms with E-state index in [1.165, 1.54) is 0 Å². The fourth-order valence-corrected chi connectivity index (χ4v) is 1.61. The maximum atomic E-state index is 11.8. The Morgan fingerprint density at radius 3 is 2.80 bits per heavy atom. The smallest absolute Gasteiger partial charge is 0.242 e. The molecule has 1 aliphatic rings. The van der Waals surface area contributed by atoms with Crippen LogP contribution < -0.4 is 11.1 Å². The van der Waals surface area contributed by atoms with Crippen molar-refractivity contribution in [1.82, 2.24) is 10.2 Å². The van der Waals surface area contributed by atoms with Gasteiger partial charge in [0.05, 0.1) is 0 Å². The highest BCUT2D eigenvalue weighted by atomic mass is 16.2. The molecule has 3 N–H and O–H groups in total. The first kappa shape index (κ1) is 12.0. The Balaban J connectivity index is 2.63. The minimum Gasteiger partial charge on any atom is -0.353 e. The molecule has 1 aliphatic heterocycles. The van der Waals surface area contributed by atoms with Gasteiger partial charge in [-0.15, -0.1) is 0 Å². The van der Waals surface area contributed by atoms with Crippen LogP contribution in [0, 0.1) is 0 Å². The van der Waals surface area contributed by atoms with E-state index >= 15 is 0 Å². The molecule has 0 aromatic rings. The summed E-state index contributed by atoms with van der Waals surface area (Å²) in [7, 11) is 0. The highest BCUT2D eigenvalue weighted by molar-refractivity contribution is 5.88. The van der Waals surface area contributed by atoms with Gasteiger partial charge in [-0.3, -0.25) is 9.59 Å². The topological polar surface area (TPSA) is 75.4 Å². The largest absolute Gasteiger partial charge is 0.353 e. The standard InChI is InChI=1S/C10H19N3O2/c1-7-9(15)12-4-5-13(7)8(14)6-10(2,3)11/h7H,4-6,11H2,1-3H3,(H,12,15). The van der Waals surface area contributed by atoms with Crippen LogP contribution in [0.2, 0.25) is 0 Å². The van der Waals surface area contributed by atoms with Gasteiger partial charge < -0.3 is 16.0 Å². The molecular weight excluding hydrogens is 194 g/mol. The van der Waals surface area contributed by atoms with Crippen LogP contribution in [-0.2, 0) is 9.59 Å². The lowest BCUT2D eigenvalue weighted by molar-refractivity contribution is -0.143. The molecule has 1 heterocycles. The lowest BCUT2D eigenvalue weighted by Crippen LogP contribution is -2.57. The van der Waals surface area contributed by atoms with E-state index in [1.54, 1.807) is 25.7 Å². The van der Waals surface area contributed by atoms with E-state index in [9.17, 15) is 9.59 Å². The van der Waals surface area contributed by atoms with E-state index < -0.39 is 5.54 Å². The van der Waals surface area contributed by atoms with E-state index in [4.69, 9.17) is 5.73 Å². The first-order valence-corrected chi connectivity index (χ1v) is 5.17. The van der Waals surface area contributed by atoms with E-state index in [2.05, 4.69) is 5.32 Å². The van der Waals surface area contributed by atoms with Crippen LogP contribution in [0.5, 0.6) is 0 Å². The number of nitrogens with one attached hydrogen (secondary N) is 1. The number of carbonyl (C=O) groups excluding carboxylic acids is 2. The van der Waals surface area contributed by atoms with E-state index in [0.717, 1.165) is 0 Å². The number of rotatable bonds is 2. The van der Waals surface area contributed by atoms with E-state index in [0.29, 0.717) is 13.1 Å². The summed E-state index contributed by atoms with van der Waals surface area (Å²) >= 11 is 0. The second-order valence-electron chi connectivity index (χ2n) is 4.72. The predicted octanol–water partition coefficient (Wildman–Crippen LogP) is -0.539. The first-order valence-electron chi connectivity index (χ1n) is 5.17. The zero-order chi connectivity index (χ0) is 11.6. The van der Waals surface area contributed by atoms with Gasteiger partial charge in [-0.25, -0.2) is 0 Å². The summed E-state index contributed by atoms with van der Waals surface area (Å²) < 4.78 is 0. The van der Waals surface area contributed by atoms with Crippen molar-refractivity contribution in [3.63, 3.8) is 0 Å². The molecule has 0 aliphatic carbocycles. The maximum absolute atomic E-state index is 11.8. The molecule has 0 bridgehead atoms. The predicted molar refractivity (Wildman–Crippen MR) is 57.1 cm³/mol. The number of amides is 2. The normalized spacial score (nSPS) is 22.5. The Hall–Kier alpha value is -1.10. The fraction of sp³-hybridized carbons (Fsp3) is 0.800. The van der Waals surface area contributed by atoms with Crippen molar-refractivity contribution in [2.45, 2.75) is 38.8 Å². The quantitative estimate of drug-likeness (QED) is 0.647. The number of hydrogen-bond donors (Lipinski definition) is 2. The molecule has 1 rings (SSSR count). The molecule has 1 fully saturated rings. The van der Waals surface area contributed by atoms with Crippen molar-refractivity contribution >= 4 is 11.8 Å². The van der Waals surface area contributed by atoms with Crippen molar-refractivity contribution in [2.24, 2.45) is 5.73 Å². The number of hydrogen-bond acceptors (Lipinski definition) is 3. The van der Waals surface area contributed by atoms with Crippen molar-refractivity contribution in [2.75, 3.05) is 13.1 Å². The van der Waals surface area contributed by atoms with Crippen LogP contribution in [0.4, 0.5) is 0 Å². The molecule has 1 atom stereocenters. The highest BCUT2D eigenvalue weighted by Gasteiger charge is 2.31. The summed E-state index contributed by atoms with van der Waals surface area (Å²) in [4.78, 5) is 24.8. The van der Waals surface area contributed by atoms with Gasteiger partial charge in [-0.05, 0) is 20.8 Å². The number of nitrogens with two attached hydrogens (primary N) is 1. The Bertz CT molecular complexity index is 270. The second-order valence-corrected chi connectivity index (χ2v) is 4.72. The maximum Gasteiger partial charge on any atom is 0.242 e. The van der Waals surface area contributed by atoms with Crippen molar-refractivity contribution in [3.8, 4) is 0 Å². The van der Waals surface area contributed by atoms with Gasteiger partial charge >= 0.3 is 0 Å². The summed E-state index contributed by atoms with van der Waals surface area (Å²) in [6, 6.07) is -0.381. The molecule has 1 unspecified atom stereocenters. The van der Waals surface area contributed by atoms with Crippen molar-refractivity contribution in [1.29, 1.82) is 0 Å². The molecule has 5 heteroatoms. The average Bonchev–Trinajstić information content (AvgIpc) is 2.06. The molecule has 0 aromatic carbocycles. The van der Waals surface area contributed by atoms with Gasteiger partial charge in [-0.2, -0.15) is 0 Å². The summed E-state index contributed by atoms with van der Waals surface area (Å²) in [5.74, 6) is -0.144. The van der Waals surface area contributed by atoms with E-state index in [-0.39, 0.29) is 24.3 Å². The van der Waals surface area contributed by atoms with Crippen LogP contribution in [0.3, 0.4) is 0 Å². The Labute approximate surface area is 90.0 Å². The monoisotopic (exact) mass is 213 g/mol. The Morgan fingerprint density at radius 2 is 2.27 bits per heavy atom. The van der Waals surface area contributed by atoms with Crippen molar-refractivity contribution in [3.05, 3.63) is 0 Å². The Kier molecular flexibility index (Phi) is 3.34. The van der Waals surface area contributed by atoms with Gasteiger partial charge in [0.25, 0.3) is 0 Å². The van der Waals surface area contributed by atoms with Crippen LogP contribution in [-0.4, -0.2) is 41.4 Å². The summed E-state index contributed by atoms with van der Waals surface area (Å²) in [5, 5.41) is 2.72. The lowest BCUT2D eigenvalue weighted by atomic mass is 10.0. The molecule has 0 spiro atoms. The van der Waals surface area contributed by atoms with Gasteiger partial charge in [0.15, 0.2) is 0 Å². The molecule has 86 valence electrons. The Morgan fingerprint density at radius 1 is 1.67 bits per heavy atom. The third-order valence-corrected chi connectivity index (χ3v) is 2.43. The molecule has 5 nitrogen and oxygen atoms in total. The van der Waals surface area contributed by atoms with Crippen LogP contribution in [0.15, 0.2) is 0 Å². The first-order chi connectivity index (χ1) is 6.81. The second kappa shape index (κ2) is 4.18. The minimum atomic E-state index is -0.523. The number of nitrogens with zero attached hydrogens (tertiary/aromatic N) is 1. The molecular formula is C10H19N3O2. The molecule has 0 aromatic heterocycles. The van der Waals surface area contributed by atoms with Crippen molar-refractivity contribution < 1.29 is 9.59 Å². The number of piperazine rings is 1. The van der Waals surface area contributed by atoms with Gasteiger partial charge in [0.1, 0.15) is 6.04 Å². The zero-order valence-corrected chi connectivity index (χ0v) is 9.54. The molecule has 0 radical (unpaired) electrons. The third-order valence-electron chi connectivity index (χ3n) is 2.43. The van der Waals surface area contributed by atoms with Gasteiger partial charge in [0, 0.05) is 25.0 Å². The SMILES string of the molecule is CC1C(=O)NCCN1C(=O)CC(C)(C)N. The van der Waals surface area contributed by atoms with Crippen LogP contribution in [0.1, 0.15) is 27.2 Å². The fourth-order valence-electron chi connectivity index (χ4n) is 1.61. The summed E-state index contributed by atoms with van der Waals surface area (Å²) in [6.07, 6.45) is 0.268. The average molecular weight is 213 g/mol. The third kappa shape index (κ3) is 3.20. The highest BCUT2D eigenvalue weighted by Crippen LogP contribution is 2.11. The molecule has 2 amide bonds. The van der Waals surface area contributed by atoms with E-state index in [1.807, 2.05) is 0 Å². The zero-order valence-electron chi connectivity index (χ0n) is 9.54. The summed E-state index contributed by atoms with van der Waals surface area (Å²) in [6.45, 7) is 6.44. The van der Waals surface area contributed by atoms with Crippen LogP contribution in [0.25, 0.3) is 0 Å². The van der Waals surface area contributed by atoms with Gasteiger partial charge in [0.2, 0.25) is 11.8 Å². The molecule has 1 saturated heterocycles. The lowest BCUT2D eigenvalue weighted by Gasteiger charge is -2.34. The summed E-state index contributed by atoms with van der Waals surface area (Å²) in [5.41, 5.74) is 5.25. The molecule has 0 saturated carbocycles. The number of carbonyl (C=O) groups is 2. The van der Waals surface area contributed by atoms with Crippen LogP contribution >= 0.6 is 0 Å². The minimum absolute atomic E-state index is 0.0511. The van der Waals surface area contributed by atoms with Gasteiger partial charge in [-0.1, -0.05) is 0 Å².